The first-order valence-electron chi connectivity index (χ1n) is 5.82. The van der Waals surface area contributed by atoms with Crippen molar-refractivity contribution in [1.82, 2.24) is 9.78 Å². The predicted molar refractivity (Wildman–Crippen MR) is 77.1 cm³/mol. The van der Waals surface area contributed by atoms with Crippen LogP contribution < -0.4 is 5.32 Å². The van der Waals surface area contributed by atoms with Crippen LogP contribution in [0, 0.1) is 6.92 Å². The Hall–Kier alpha value is -1.52. The second kappa shape index (κ2) is 5.63. The highest BCUT2D eigenvalue weighted by Gasteiger charge is 2.19. The second-order valence-corrected chi connectivity index (χ2v) is 4.84. The zero-order valence-corrected chi connectivity index (χ0v) is 12.1. The Balaban J connectivity index is 2.30. The Morgan fingerprint density at radius 3 is 2.79 bits per heavy atom. The molecule has 0 unspecified atom stereocenters. The molecule has 1 aromatic carbocycles. The lowest BCUT2D eigenvalue weighted by Crippen LogP contribution is -2.17. The molecule has 0 atom stereocenters. The summed E-state index contributed by atoms with van der Waals surface area (Å²) in [6.07, 6.45) is 0. The lowest BCUT2D eigenvalue weighted by atomic mass is 10.3. The van der Waals surface area contributed by atoms with Crippen molar-refractivity contribution >= 4 is 34.8 Å². The van der Waals surface area contributed by atoms with Crippen molar-refractivity contribution in [3.05, 3.63) is 45.7 Å². The molecule has 0 saturated heterocycles. The van der Waals surface area contributed by atoms with E-state index >= 15 is 0 Å². The SMILES string of the molecule is CCn1nc(C)c(Cl)c1C(=O)Nc1cccc(Cl)c1. The maximum atomic E-state index is 12.2. The van der Waals surface area contributed by atoms with Gasteiger partial charge in [0.05, 0.1) is 10.7 Å². The van der Waals surface area contributed by atoms with Crippen LogP contribution in [0.2, 0.25) is 10.0 Å². The van der Waals surface area contributed by atoms with Crippen LogP contribution in [0.15, 0.2) is 24.3 Å². The summed E-state index contributed by atoms with van der Waals surface area (Å²) in [4.78, 5) is 12.2. The van der Waals surface area contributed by atoms with Crippen molar-refractivity contribution < 1.29 is 4.79 Å². The van der Waals surface area contributed by atoms with Gasteiger partial charge in [0.2, 0.25) is 0 Å². The summed E-state index contributed by atoms with van der Waals surface area (Å²) in [5.74, 6) is -0.297. The van der Waals surface area contributed by atoms with Gasteiger partial charge < -0.3 is 5.32 Å². The lowest BCUT2D eigenvalue weighted by molar-refractivity contribution is 0.101. The Morgan fingerprint density at radius 2 is 2.16 bits per heavy atom. The van der Waals surface area contributed by atoms with Gasteiger partial charge in [-0.15, -0.1) is 0 Å². The van der Waals surface area contributed by atoms with Gasteiger partial charge in [0.1, 0.15) is 5.69 Å². The molecule has 4 nitrogen and oxygen atoms in total. The van der Waals surface area contributed by atoms with Crippen LogP contribution in [0.4, 0.5) is 5.69 Å². The van der Waals surface area contributed by atoms with E-state index in [9.17, 15) is 4.79 Å². The number of rotatable bonds is 3. The van der Waals surface area contributed by atoms with Gasteiger partial charge in [-0.25, -0.2) is 0 Å². The molecule has 0 radical (unpaired) electrons. The van der Waals surface area contributed by atoms with E-state index < -0.39 is 0 Å². The van der Waals surface area contributed by atoms with Gasteiger partial charge in [0, 0.05) is 17.3 Å². The van der Waals surface area contributed by atoms with Crippen LogP contribution in [0.25, 0.3) is 0 Å². The maximum absolute atomic E-state index is 12.2. The molecule has 1 N–H and O–H groups in total. The van der Waals surface area contributed by atoms with Gasteiger partial charge in [-0.1, -0.05) is 29.3 Å². The van der Waals surface area contributed by atoms with Gasteiger partial charge in [-0.2, -0.15) is 5.10 Å². The highest BCUT2D eigenvalue weighted by molar-refractivity contribution is 6.35. The van der Waals surface area contributed by atoms with Gasteiger partial charge in [-0.05, 0) is 32.0 Å². The predicted octanol–water partition coefficient (Wildman–Crippen LogP) is 3.77. The van der Waals surface area contributed by atoms with Crippen molar-refractivity contribution in [2.45, 2.75) is 20.4 Å². The van der Waals surface area contributed by atoms with E-state index in [4.69, 9.17) is 23.2 Å². The number of hydrogen-bond acceptors (Lipinski definition) is 2. The average Bonchev–Trinajstić information content (AvgIpc) is 2.65. The molecule has 0 aliphatic heterocycles. The van der Waals surface area contributed by atoms with Crippen LogP contribution in [0.3, 0.4) is 0 Å². The van der Waals surface area contributed by atoms with E-state index in [1.165, 1.54) is 0 Å². The molecule has 100 valence electrons. The van der Waals surface area contributed by atoms with E-state index in [-0.39, 0.29) is 5.91 Å². The summed E-state index contributed by atoms with van der Waals surface area (Å²) in [6.45, 7) is 4.25. The molecule has 2 rings (SSSR count). The molecular formula is C13H13Cl2N3O. The first-order valence-corrected chi connectivity index (χ1v) is 6.58. The molecule has 0 bridgehead atoms. The van der Waals surface area contributed by atoms with E-state index in [2.05, 4.69) is 10.4 Å². The third-order valence-electron chi connectivity index (χ3n) is 2.65. The summed E-state index contributed by atoms with van der Waals surface area (Å²) >= 11 is 12.0. The number of carbonyl (C=O) groups excluding carboxylic acids is 1. The zero-order valence-electron chi connectivity index (χ0n) is 10.6. The monoisotopic (exact) mass is 297 g/mol. The third-order valence-corrected chi connectivity index (χ3v) is 3.34. The summed E-state index contributed by atoms with van der Waals surface area (Å²) < 4.78 is 1.58. The van der Waals surface area contributed by atoms with Gasteiger partial charge >= 0.3 is 0 Å². The normalized spacial score (nSPS) is 10.5. The smallest absolute Gasteiger partial charge is 0.275 e. The number of halogens is 2. The highest BCUT2D eigenvalue weighted by atomic mass is 35.5. The van der Waals surface area contributed by atoms with Gasteiger partial charge in [0.15, 0.2) is 0 Å². The third kappa shape index (κ3) is 2.91. The van der Waals surface area contributed by atoms with Gasteiger partial charge in [-0.3, -0.25) is 9.48 Å². The fourth-order valence-electron chi connectivity index (χ4n) is 1.76. The molecule has 0 saturated carbocycles. The molecule has 0 aliphatic rings. The molecule has 6 heteroatoms. The standard InChI is InChI=1S/C13H13Cl2N3O/c1-3-18-12(11(15)8(2)17-18)13(19)16-10-6-4-5-9(14)7-10/h4-7H,3H2,1-2H3,(H,16,19). The van der Waals surface area contributed by atoms with Gasteiger partial charge in [0.25, 0.3) is 5.91 Å². The number of benzene rings is 1. The van der Waals surface area contributed by atoms with Crippen LogP contribution >= 0.6 is 23.2 Å². The number of nitrogens with one attached hydrogen (secondary N) is 1. The summed E-state index contributed by atoms with van der Waals surface area (Å²) in [6, 6.07) is 6.94. The average molecular weight is 298 g/mol. The van der Waals surface area contributed by atoms with Crippen molar-refractivity contribution in [2.24, 2.45) is 0 Å². The summed E-state index contributed by atoms with van der Waals surface area (Å²) in [5, 5.41) is 7.90. The van der Waals surface area contributed by atoms with E-state index in [1.807, 2.05) is 6.92 Å². The molecule has 0 aliphatic carbocycles. The zero-order chi connectivity index (χ0) is 14.0. The second-order valence-electron chi connectivity index (χ2n) is 4.03. The van der Waals surface area contributed by atoms with Crippen molar-refractivity contribution in [3.63, 3.8) is 0 Å². The lowest BCUT2D eigenvalue weighted by Gasteiger charge is -2.07. The summed E-state index contributed by atoms with van der Waals surface area (Å²) in [7, 11) is 0. The molecule has 1 aromatic heterocycles. The minimum atomic E-state index is -0.297. The number of aryl methyl sites for hydroxylation is 2. The molecule has 2 aromatic rings. The molecule has 1 heterocycles. The Labute approximate surface area is 121 Å². The van der Waals surface area contributed by atoms with Crippen LogP contribution in [0.5, 0.6) is 0 Å². The van der Waals surface area contributed by atoms with E-state index in [0.29, 0.717) is 33.7 Å². The molecule has 0 fully saturated rings. The van der Waals surface area contributed by atoms with Crippen molar-refractivity contribution in [3.8, 4) is 0 Å². The molecule has 19 heavy (non-hydrogen) atoms. The number of anilines is 1. The summed E-state index contributed by atoms with van der Waals surface area (Å²) in [5.41, 5.74) is 1.62. The minimum Gasteiger partial charge on any atom is -0.321 e. The first-order chi connectivity index (χ1) is 9.02. The van der Waals surface area contributed by atoms with Crippen LogP contribution in [-0.2, 0) is 6.54 Å². The first kappa shape index (κ1) is 13.9. The Morgan fingerprint density at radius 1 is 1.42 bits per heavy atom. The highest BCUT2D eigenvalue weighted by Crippen LogP contribution is 2.22. The number of amides is 1. The fraction of sp³-hybridized carbons (Fsp3) is 0.231. The fourth-order valence-corrected chi connectivity index (χ4v) is 2.17. The van der Waals surface area contributed by atoms with Crippen molar-refractivity contribution in [1.29, 1.82) is 0 Å². The maximum Gasteiger partial charge on any atom is 0.275 e. The number of hydrogen-bond donors (Lipinski definition) is 1. The Bertz CT molecular complexity index is 622. The van der Waals surface area contributed by atoms with E-state index in [0.717, 1.165) is 0 Å². The quantitative estimate of drug-likeness (QED) is 0.937. The minimum absolute atomic E-state index is 0.297. The van der Waals surface area contributed by atoms with Crippen LogP contribution in [0.1, 0.15) is 23.1 Å². The molecule has 0 spiro atoms. The number of nitrogens with zero attached hydrogens (tertiary/aromatic N) is 2. The number of carbonyl (C=O) groups is 1. The Kier molecular flexibility index (Phi) is 4.12. The molecular weight excluding hydrogens is 285 g/mol. The number of aromatic nitrogens is 2. The van der Waals surface area contributed by atoms with E-state index in [1.54, 1.807) is 35.9 Å². The van der Waals surface area contributed by atoms with Crippen LogP contribution in [-0.4, -0.2) is 15.7 Å². The van der Waals surface area contributed by atoms with Crippen molar-refractivity contribution in [2.75, 3.05) is 5.32 Å². The largest absolute Gasteiger partial charge is 0.321 e. The topological polar surface area (TPSA) is 46.9 Å². The molecule has 1 amide bonds.